The molecule has 0 bridgehead atoms. The van der Waals surface area contributed by atoms with E-state index in [2.05, 4.69) is 24.1 Å². The Bertz CT molecular complexity index is 133. The molecular formula is C14H33N3. The molecular weight excluding hydrogens is 210 g/mol. The molecule has 0 fully saturated rings. The number of hydrogen-bond acceptors (Lipinski definition) is 3. The number of hydrogen-bond donors (Lipinski definition) is 2. The first-order valence-corrected chi connectivity index (χ1v) is 7.48. The van der Waals surface area contributed by atoms with Crippen LogP contribution in [-0.4, -0.2) is 44.2 Å². The van der Waals surface area contributed by atoms with Gasteiger partial charge >= 0.3 is 0 Å². The van der Waals surface area contributed by atoms with E-state index < -0.39 is 0 Å². The van der Waals surface area contributed by atoms with Gasteiger partial charge in [0.25, 0.3) is 0 Å². The number of nitrogens with one attached hydrogen (secondary N) is 1. The van der Waals surface area contributed by atoms with Gasteiger partial charge in [0, 0.05) is 0 Å². The molecule has 0 heterocycles. The molecule has 0 aromatic carbocycles. The Balaban J connectivity index is 3.23. The number of unbranched alkanes of at least 4 members (excludes halogenated alkanes) is 2. The quantitative estimate of drug-likeness (QED) is 0.487. The Hall–Kier alpha value is -0.120. The van der Waals surface area contributed by atoms with Gasteiger partial charge in [0.05, 0.1) is 0 Å². The van der Waals surface area contributed by atoms with E-state index in [1.807, 2.05) is 0 Å². The van der Waals surface area contributed by atoms with E-state index in [0.717, 1.165) is 26.1 Å². The summed E-state index contributed by atoms with van der Waals surface area (Å²) >= 11 is 0. The van der Waals surface area contributed by atoms with Gasteiger partial charge in [0.1, 0.15) is 0 Å². The Labute approximate surface area is 108 Å². The van der Waals surface area contributed by atoms with Gasteiger partial charge in [-0.05, 0) is 77.8 Å². The molecule has 0 aliphatic carbocycles. The van der Waals surface area contributed by atoms with Crippen molar-refractivity contribution >= 4 is 0 Å². The first-order valence-electron chi connectivity index (χ1n) is 7.48. The van der Waals surface area contributed by atoms with Crippen LogP contribution in [0.25, 0.3) is 0 Å². The van der Waals surface area contributed by atoms with Crippen molar-refractivity contribution < 1.29 is 0 Å². The summed E-state index contributed by atoms with van der Waals surface area (Å²) in [6, 6.07) is 0. The predicted octanol–water partition coefficient (Wildman–Crippen LogP) is 2.22. The summed E-state index contributed by atoms with van der Waals surface area (Å²) in [4.78, 5) is 2.59. The first-order chi connectivity index (χ1) is 8.35. The summed E-state index contributed by atoms with van der Waals surface area (Å²) < 4.78 is 0. The minimum atomic E-state index is 0.824. The molecule has 3 nitrogen and oxygen atoms in total. The summed E-state index contributed by atoms with van der Waals surface area (Å²) in [5.41, 5.74) is 5.45. The molecule has 0 saturated heterocycles. The molecule has 0 aromatic rings. The average Bonchev–Trinajstić information content (AvgIpc) is 2.33. The van der Waals surface area contributed by atoms with Gasteiger partial charge in [-0.1, -0.05) is 13.8 Å². The fourth-order valence-corrected chi connectivity index (χ4v) is 2.07. The van der Waals surface area contributed by atoms with Gasteiger partial charge in [-0.3, -0.25) is 0 Å². The Kier molecular flexibility index (Phi) is 13.8. The van der Waals surface area contributed by atoms with E-state index in [4.69, 9.17) is 5.73 Å². The molecule has 17 heavy (non-hydrogen) atoms. The third kappa shape index (κ3) is 12.1. The van der Waals surface area contributed by atoms with E-state index in [9.17, 15) is 0 Å². The molecule has 104 valence electrons. The highest BCUT2D eigenvalue weighted by Crippen LogP contribution is 1.98. The average molecular weight is 243 g/mol. The molecule has 0 radical (unpaired) electrons. The molecule has 0 aromatic heterocycles. The third-order valence-electron chi connectivity index (χ3n) is 2.97. The molecule has 0 spiro atoms. The van der Waals surface area contributed by atoms with Crippen LogP contribution >= 0.6 is 0 Å². The molecule has 0 rings (SSSR count). The van der Waals surface area contributed by atoms with Crippen molar-refractivity contribution in [1.82, 2.24) is 10.2 Å². The maximum atomic E-state index is 5.45. The van der Waals surface area contributed by atoms with Crippen LogP contribution < -0.4 is 11.1 Å². The minimum Gasteiger partial charge on any atom is -0.330 e. The SMILES string of the molecule is CCCN(CCC)CCCCNCCCCN. The van der Waals surface area contributed by atoms with E-state index in [1.165, 1.54) is 51.7 Å². The summed E-state index contributed by atoms with van der Waals surface area (Å²) in [6.45, 7) is 11.4. The lowest BCUT2D eigenvalue weighted by Crippen LogP contribution is -2.27. The second kappa shape index (κ2) is 13.9. The van der Waals surface area contributed by atoms with E-state index in [-0.39, 0.29) is 0 Å². The summed E-state index contributed by atoms with van der Waals surface area (Å²) in [7, 11) is 0. The second-order valence-electron chi connectivity index (χ2n) is 4.79. The fourth-order valence-electron chi connectivity index (χ4n) is 2.07. The van der Waals surface area contributed by atoms with Crippen LogP contribution in [0, 0.1) is 0 Å². The Morgan fingerprint density at radius 3 is 1.94 bits per heavy atom. The van der Waals surface area contributed by atoms with Gasteiger partial charge < -0.3 is 16.0 Å². The Morgan fingerprint density at radius 2 is 1.41 bits per heavy atom. The summed E-state index contributed by atoms with van der Waals surface area (Å²) in [5, 5.41) is 3.48. The molecule has 0 atom stereocenters. The zero-order chi connectivity index (χ0) is 12.8. The van der Waals surface area contributed by atoms with Crippen LogP contribution in [0.15, 0.2) is 0 Å². The highest BCUT2D eigenvalue weighted by molar-refractivity contribution is 4.57. The van der Waals surface area contributed by atoms with Crippen molar-refractivity contribution in [2.75, 3.05) is 39.3 Å². The van der Waals surface area contributed by atoms with Crippen LogP contribution in [-0.2, 0) is 0 Å². The fraction of sp³-hybridized carbons (Fsp3) is 1.00. The van der Waals surface area contributed by atoms with Crippen molar-refractivity contribution in [3.63, 3.8) is 0 Å². The maximum absolute atomic E-state index is 5.45. The maximum Gasteiger partial charge on any atom is -0.00183 e. The van der Waals surface area contributed by atoms with Gasteiger partial charge in [-0.15, -0.1) is 0 Å². The van der Waals surface area contributed by atoms with Crippen molar-refractivity contribution in [1.29, 1.82) is 0 Å². The van der Waals surface area contributed by atoms with Gasteiger partial charge in [0.2, 0.25) is 0 Å². The second-order valence-corrected chi connectivity index (χ2v) is 4.79. The monoisotopic (exact) mass is 243 g/mol. The zero-order valence-corrected chi connectivity index (χ0v) is 12.0. The predicted molar refractivity (Wildman–Crippen MR) is 77.4 cm³/mol. The van der Waals surface area contributed by atoms with Gasteiger partial charge in [-0.25, -0.2) is 0 Å². The minimum absolute atomic E-state index is 0.824. The van der Waals surface area contributed by atoms with Crippen LogP contribution in [0.4, 0.5) is 0 Å². The number of nitrogens with zero attached hydrogens (tertiary/aromatic N) is 1. The Morgan fingerprint density at radius 1 is 0.824 bits per heavy atom. The largest absolute Gasteiger partial charge is 0.330 e. The molecule has 0 unspecified atom stereocenters. The van der Waals surface area contributed by atoms with E-state index in [1.54, 1.807) is 0 Å². The topological polar surface area (TPSA) is 41.3 Å². The van der Waals surface area contributed by atoms with Crippen molar-refractivity contribution in [2.24, 2.45) is 5.73 Å². The summed E-state index contributed by atoms with van der Waals surface area (Å²) in [5.74, 6) is 0. The lowest BCUT2D eigenvalue weighted by Gasteiger charge is -2.20. The third-order valence-corrected chi connectivity index (χ3v) is 2.97. The molecule has 0 amide bonds. The van der Waals surface area contributed by atoms with E-state index in [0.29, 0.717) is 0 Å². The summed E-state index contributed by atoms with van der Waals surface area (Å²) in [6.07, 6.45) is 7.53. The molecule has 0 aliphatic rings. The van der Waals surface area contributed by atoms with Crippen LogP contribution in [0.2, 0.25) is 0 Å². The lowest BCUT2D eigenvalue weighted by molar-refractivity contribution is 0.268. The van der Waals surface area contributed by atoms with Gasteiger partial charge in [-0.2, -0.15) is 0 Å². The normalized spacial score (nSPS) is 11.3. The molecule has 3 heteroatoms. The number of rotatable bonds is 13. The first kappa shape index (κ1) is 16.9. The van der Waals surface area contributed by atoms with E-state index >= 15 is 0 Å². The highest BCUT2D eigenvalue weighted by Gasteiger charge is 2.01. The van der Waals surface area contributed by atoms with Crippen molar-refractivity contribution in [2.45, 2.75) is 52.4 Å². The van der Waals surface area contributed by atoms with Gasteiger partial charge in [0.15, 0.2) is 0 Å². The molecule has 3 N–H and O–H groups in total. The number of nitrogens with two attached hydrogens (primary N) is 1. The molecule has 0 saturated carbocycles. The zero-order valence-electron chi connectivity index (χ0n) is 12.0. The lowest BCUT2D eigenvalue weighted by atomic mass is 10.2. The molecule has 0 aliphatic heterocycles. The van der Waals surface area contributed by atoms with Crippen LogP contribution in [0.3, 0.4) is 0 Å². The van der Waals surface area contributed by atoms with Crippen LogP contribution in [0.1, 0.15) is 52.4 Å². The standard InChI is InChI=1S/C14H33N3/c1-3-12-17(13-4-2)14-8-7-11-16-10-6-5-9-15/h16H,3-15H2,1-2H3. The van der Waals surface area contributed by atoms with Crippen molar-refractivity contribution in [3.05, 3.63) is 0 Å². The highest BCUT2D eigenvalue weighted by atomic mass is 15.1. The van der Waals surface area contributed by atoms with Crippen molar-refractivity contribution in [3.8, 4) is 0 Å². The van der Waals surface area contributed by atoms with Crippen LogP contribution in [0.5, 0.6) is 0 Å². The smallest absolute Gasteiger partial charge is 0.00183 e.